The summed E-state index contributed by atoms with van der Waals surface area (Å²) < 4.78 is 44.5. The SMILES string of the molecule is OB(O)Oc1ccc(F)c(OC(F)F)c1. The van der Waals surface area contributed by atoms with E-state index >= 15 is 0 Å². The number of rotatable bonds is 4. The van der Waals surface area contributed by atoms with Gasteiger partial charge in [0, 0.05) is 6.07 Å². The van der Waals surface area contributed by atoms with Gasteiger partial charge in [-0.15, -0.1) is 0 Å². The van der Waals surface area contributed by atoms with Gasteiger partial charge >= 0.3 is 13.9 Å². The van der Waals surface area contributed by atoms with Crippen molar-refractivity contribution in [3.63, 3.8) is 0 Å². The Labute approximate surface area is 83.0 Å². The molecule has 0 aromatic heterocycles. The summed E-state index contributed by atoms with van der Waals surface area (Å²) >= 11 is 0. The number of alkyl halides is 2. The molecule has 0 bridgehead atoms. The molecule has 0 spiro atoms. The average Bonchev–Trinajstić information content (AvgIpc) is 2.09. The van der Waals surface area contributed by atoms with Gasteiger partial charge in [0.25, 0.3) is 0 Å². The standard InChI is InChI=1S/C7H6BF3O4/c9-5-2-1-4(15-8(12)13)3-6(5)14-7(10)11/h1-3,7,12-13H. The van der Waals surface area contributed by atoms with Crippen LogP contribution in [0.15, 0.2) is 18.2 Å². The summed E-state index contributed by atoms with van der Waals surface area (Å²) in [5.74, 6) is -1.94. The molecule has 0 amide bonds. The Balaban J connectivity index is 2.85. The maximum absolute atomic E-state index is 12.8. The van der Waals surface area contributed by atoms with Crippen molar-refractivity contribution in [2.24, 2.45) is 0 Å². The average molecular weight is 222 g/mol. The fourth-order valence-electron chi connectivity index (χ4n) is 0.865. The lowest BCUT2D eigenvalue weighted by Crippen LogP contribution is -2.20. The van der Waals surface area contributed by atoms with Crippen molar-refractivity contribution in [3.8, 4) is 11.5 Å². The Kier molecular flexibility index (Phi) is 3.81. The molecule has 1 rings (SSSR count). The van der Waals surface area contributed by atoms with Gasteiger partial charge in [-0.2, -0.15) is 8.78 Å². The van der Waals surface area contributed by atoms with E-state index in [2.05, 4.69) is 9.39 Å². The highest BCUT2D eigenvalue weighted by molar-refractivity contribution is 6.33. The van der Waals surface area contributed by atoms with Crippen molar-refractivity contribution in [1.82, 2.24) is 0 Å². The zero-order valence-electron chi connectivity index (χ0n) is 7.23. The predicted octanol–water partition coefficient (Wildman–Crippen LogP) is 0.775. The zero-order valence-corrected chi connectivity index (χ0v) is 7.23. The van der Waals surface area contributed by atoms with Crippen LogP contribution in [0.5, 0.6) is 11.5 Å². The first-order chi connectivity index (χ1) is 6.99. The molecule has 0 aliphatic heterocycles. The lowest BCUT2D eigenvalue weighted by Gasteiger charge is -2.08. The zero-order chi connectivity index (χ0) is 11.4. The van der Waals surface area contributed by atoms with E-state index in [1.54, 1.807) is 0 Å². The summed E-state index contributed by atoms with van der Waals surface area (Å²) in [5, 5.41) is 16.8. The molecular formula is C7H6BF3O4. The van der Waals surface area contributed by atoms with Crippen molar-refractivity contribution >= 4 is 7.32 Å². The molecule has 0 saturated heterocycles. The van der Waals surface area contributed by atoms with Crippen LogP contribution in [0, 0.1) is 5.82 Å². The van der Waals surface area contributed by atoms with Gasteiger partial charge in [0.1, 0.15) is 5.75 Å². The summed E-state index contributed by atoms with van der Waals surface area (Å²) in [6, 6.07) is 2.61. The number of benzene rings is 1. The number of halogens is 3. The Morgan fingerprint density at radius 3 is 2.47 bits per heavy atom. The van der Waals surface area contributed by atoms with Crippen LogP contribution in [-0.2, 0) is 0 Å². The molecule has 0 heterocycles. The Morgan fingerprint density at radius 1 is 1.27 bits per heavy atom. The molecule has 0 unspecified atom stereocenters. The molecule has 1 aromatic rings. The van der Waals surface area contributed by atoms with Crippen molar-refractivity contribution < 1.29 is 32.6 Å². The van der Waals surface area contributed by atoms with Crippen LogP contribution in [-0.4, -0.2) is 24.0 Å². The van der Waals surface area contributed by atoms with E-state index in [9.17, 15) is 13.2 Å². The highest BCUT2D eigenvalue weighted by Gasteiger charge is 2.15. The van der Waals surface area contributed by atoms with E-state index in [1.807, 2.05) is 0 Å². The highest BCUT2D eigenvalue weighted by Crippen LogP contribution is 2.25. The Hall–Kier alpha value is -1.41. The van der Waals surface area contributed by atoms with Gasteiger partial charge in [0.05, 0.1) is 0 Å². The van der Waals surface area contributed by atoms with Crippen LogP contribution in [0.1, 0.15) is 0 Å². The molecule has 0 saturated carbocycles. The van der Waals surface area contributed by atoms with E-state index in [-0.39, 0.29) is 5.75 Å². The summed E-state index contributed by atoms with van der Waals surface area (Å²) in [6.45, 7) is -3.17. The number of hydrogen-bond donors (Lipinski definition) is 2. The summed E-state index contributed by atoms with van der Waals surface area (Å²) in [7, 11) is -2.12. The second-order valence-electron chi connectivity index (χ2n) is 2.41. The van der Waals surface area contributed by atoms with Crippen LogP contribution < -0.4 is 9.39 Å². The minimum absolute atomic E-state index is 0.206. The normalized spacial score (nSPS) is 10.3. The van der Waals surface area contributed by atoms with Gasteiger partial charge in [0.15, 0.2) is 11.6 Å². The second-order valence-corrected chi connectivity index (χ2v) is 2.41. The molecule has 1 aromatic carbocycles. The van der Waals surface area contributed by atoms with E-state index in [0.29, 0.717) is 0 Å². The first-order valence-corrected chi connectivity index (χ1v) is 3.76. The molecule has 8 heteroatoms. The van der Waals surface area contributed by atoms with Gasteiger partial charge in [-0.05, 0) is 12.1 Å². The number of hydrogen-bond acceptors (Lipinski definition) is 4. The minimum Gasteiger partial charge on any atom is -0.512 e. The van der Waals surface area contributed by atoms with Crippen LogP contribution >= 0.6 is 0 Å². The molecule has 0 atom stereocenters. The van der Waals surface area contributed by atoms with E-state index in [0.717, 1.165) is 18.2 Å². The highest BCUT2D eigenvalue weighted by atomic mass is 19.3. The molecule has 0 radical (unpaired) electrons. The summed E-state index contributed by atoms with van der Waals surface area (Å²) in [6.07, 6.45) is 0. The molecule has 0 fully saturated rings. The maximum Gasteiger partial charge on any atom is 0.707 e. The van der Waals surface area contributed by atoms with Crippen molar-refractivity contribution in [2.45, 2.75) is 6.61 Å². The van der Waals surface area contributed by atoms with Crippen molar-refractivity contribution in [3.05, 3.63) is 24.0 Å². The van der Waals surface area contributed by atoms with Crippen LogP contribution in [0.3, 0.4) is 0 Å². The number of ether oxygens (including phenoxy) is 1. The smallest absolute Gasteiger partial charge is 0.512 e. The van der Waals surface area contributed by atoms with Gasteiger partial charge in [-0.1, -0.05) is 0 Å². The monoisotopic (exact) mass is 222 g/mol. The van der Waals surface area contributed by atoms with Crippen LogP contribution in [0.25, 0.3) is 0 Å². The van der Waals surface area contributed by atoms with E-state index in [1.165, 1.54) is 0 Å². The molecule has 2 N–H and O–H groups in total. The lowest BCUT2D eigenvalue weighted by atomic mass is 10.2. The van der Waals surface area contributed by atoms with Gasteiger partial charge in [-0.3, -0.25) is 0 Å². The van der Waals surface area contributed by atoms with Gasteiger partial charge in [-0.25, -0.2) is 4.39 Å². The fourth-order valence-corrected chi connectivity index (χ4v) is 0.865. The lowest BCUT2D eigenvalue weighted by molar-refractivity contribution is -0.0522. The third-order valence-electron chi connectivity index (χ3n) is 1.36. The van der Waals surface area contributed by atoms with Gasteiger partial charge in [0.2, 0.25) is 0 Å². The topological polar surface area (TPSA) is 58.9 Å². The van der Waals surface area contributed by atoms with Crippen molar-refractivity contribution in [1.29, 1.82) is 0 Å². The molecular weight excluding hydrogens is 216 g/mol. The largest absolute Gasteiger partial charge is 0.707 e. The van der Waals surface area contributed by atoms with E-state index < -0.39 is 25.5 Å². The molecule has 0 aliphatic carbocycles. The van der Waals surface area contributed by atoms with Crippen LogP contribution in [0.2, 0.25) is 0 Å². The summed E-state index contributed by atoms with van der Waals surface area (Å²) in [4.78, 5) is 0. The molecule has 82 valence electrons. The van der Waals surface area contributed by atoms with Crippen molar-refractivity contribution in [2.75, 3.05) is 0 Å². The second kappa shape index (κ2) is 4.90. The first kappa shape index (κ1) is 11.7. The Bertz CT molecular complexity index is 334. The fraction of sp³-hybridized carbons (Fsp3) is 0.143. The third kappa shape index (κ3) is 3.68. The first-order valence-electron chi connectivity index (χ1n) is 3.76. The predicted molar refractivity (Wildman–Crippen MR) is 43.9 cm³/mol. The quantitative estimate of drug-likeness (QED) is 0.738. The Morgan fingerprint density at radius 2 is 1.93 bits per heavy atom. The van der Waals surface area contributed by atoms with Gasteiger partial charge < -0.3 is 19.4 Å². The van der Waals surface area contributed by atoms with Crippen LogP contribution in [0.4, 0.5) is 13.2 Å². The van der Waals surface area contributed by atoms with E-state index in [4.69, 9.17) is 10.0 Å². The maximum atomic E-state index is 12.8. The summed E-state index contributed by atoms with van der Waals surface area (Å²) in [5.41, 5.74) is 0. The third-order valence-corrected chi connectivity index (χ3v) is 1.36. The minimum atomic E-state index is -3.17. The molecule has 0 aliphatic rings. The molecule has 4 nitrogen and oxygen atoms in total. The molecule has 15 heavy (non-hydrogen) atoms.